The van der Waals surface area contributed by atoms with Crippen molar-refractivity contribution in [2.75, 3.05) is 24.2 Å². The van der Waals surface area contributed by atoms with E-state index in [1.54, 1.807) is 0 Å². The van der Waals surface area contributed by atoms with Crippen molar-refractivity contribution in [3.8, 4) is 6.01 Å². The smallest absolute Gasteiger partial charge is 0.323 e. The molecule has 0 unspecified atom stereocenters. The minimum absolute atomic E-state index is 0.187. The van der Waals surface area contributed by atoms with Gasteiger partial charge in [-0.2, -0.15) is 15.0 Å². The summed E-state index contributed by atoms with van der Waals surface area (Å²) in [6.07, 6.45) is 2.57. The Kier molecular flexibility index (Phi) is 2.84. The predicted molar refractivity (Wildman–Crippen MR) is 56.6 cm³/mol. The number of nitrogens with zero attached hydrogens (tertiary/aromatic N) is 3. The Morgan fingerprint density at radius 1 is 1.40 bits per heavy atom. The van der Waals surface area contributed by atoms with Crippen molar-refractivity contribution in [2.45, 2.75) is 19.8 Å². The second-order valence-electron chi connectivity index (χ2n) is 3.56. The van der Waals surface area contributed by atoms with Gasteiger partial charge in [-0.25, -0.2) is 0 Å². The van der Waals surface area contributed by atoms with Gasteiger partial charge in [-0.15, -0.1) is 0 Å². The van der Waals surface area contributed by atoms with E-state index in [0.717, 1.165) is 12.5 Å². The number of aromatic nitrogens is 3. The highest BCUT2D eigenvalue weighted by atomic mass is 16.5. The van der Waals surface area contributed by atoms with Crippen LogP contribution in [0.1, 0.15) is 19.8 Å². The monoisotopic (exact) mass is 209 g/mol. The third-order valence-corrected chi connectivity index (χ3v) is 2.15. The molecule has 1 aromatic heterocycles. The average Bonchev–Trinajstić information content (AvgIpc) is 2.98. The van der Waals surface area contributed by atoms with Crippen LogP contribution in [-0.4, -0.2) is 28.1 Å². The Morgan fingerprint density at radius 2 is 2.20 bits per heavy atom. The Hall–Kier alpha value is -1.59. The van der Waals surface area contributed by atoms with E-state index in [2.05, 4.69) is 20.3 Å². The van der Waals surface area contributed by atoms with Crippen molar-refractivity contribution in [1.82, 2.24) is 15.0 Å². The van der Waals surface area contributed by atoms with Gasteiger partial charge in [-0.05, 0) is 25.7 Å². The SMILES string of the molecule is CCOc1nc(N)nc(NCC2CC2)n1. The number of ether oxygens (including phenoxy) is 1. The Bertz CT molecular complexity index is 339. The minimum atomic E-state index is 0.187. The lowest BCUT2D eigenvalue weighted by molar-refractivity contribution is 0.312. The molecule has 3 N–H and O–H groups in total. The summed E-state index contributed by atoms with van der Waals surface area (Å²) in [5.41, 5.74) is 5.53. The fourth-order valence-corrected chi connectivity index (χ4v) is 1.20. The molecule has 0 radical (unpaired) electrons. The highest BCUT2D eigenvalue weighted by Crippen LogP contribution is 2.28. The van der Waals surface area contributed by atoms with E-state index >= 15 is 0 Å². The van der Waals surface area contributed by atoms with Crippen LogP contribution in [0, 0.1) is 5.92 Å². The molecule has 0 aromatic carbocycles. The lowest BCUT2D eigenvalue weighted by Crippen LogP contribution is -2.11. The van der Waals surface area contributed by atoms with Crippen molar-refractivity contribution in [3.05, 3.63) is 0 Å². The van der Waals surface area contributed by atoms with E-state index in [4.69, 9.17) is 10.5 Å². The van der Waals surface area contributed by atoms with Gasteiger partial charge in [0.1, 0.15) is 0 Å². The summed E-state index contributed by atoms with van der Waals surface area (Å²) < 4.78 is 5.17. The highest BCUT2D eigenvalue weighted by Gasteiger charge is 2.21. The number of nitrogens with one attached hydrogen (secondary N) is 1. The number of nitrogens with two attached hydrogens (primary N) is 1. The van der Waals surface area contributed by atoms with Crippen molar-refractivity contribution in [1.29, 1.82) is 0 Å². The van der Waals surface area contributed by atoms with Crippen LogP contribution in [0.4, 0.5) is 11.9 Å². The molecule has 1 fully saturated rings. The molecule has 0 aliphatic heterocycles. The largest absolute Gasteiger partial charge is 0.464 e. The van der Waals surface area contributed by atoms with Crippen molar-refractivity contribution in [2.24, 2.45) is 5.92 Å². The zero-order valence-corrected chi connectivity index (χ0v) is 8.73. The summed E-state index contributed by atoms with van der Waals surface area (Å²) in [6.45, 7) is 3.29. The first-order chi connectivity index (χ1) is 7.28. The first-order valence-electron chi connectivity index (χ1n) is 5.16. The molecule has 0 saturated heterocycles. The average molecular weight is 209 g/mol. The van der Waals surface area contributed by atoms with E-state index in [0.29, 0.717) is 12.6 Å². The van der Waals surface area contributed by atoms with Crippen LogP contribution in [0.25, 0.3) is 0 Å². The van der Waals surface area contributed by atoms with Gasteiger partial charge < -0.3 is 15.8 Å². The number of nitrogen functional groups attached to an aromatic ring is 1. The van der Waals surface area contributed by atoms with E-state index in [-0.39, 0.29) is 12.0 Å². The zero-order chi connectivity index (χ0) is 10.7. The Balaban J connectivity index is 2.00. The number of hydrogen-bond acceptors (Lipinski definition) is 6. The van der Waals surface area contributed by atoms with Crippen LogP contribution in [0.15, 0.2) is 0 Å². The summed E-state index contributed by atoms with van der Waals surface area (Å²) >= 11 is 0. The molecule has 6 heteroatoms. The molecule has 0 bridgehead atoms. The molecule has 6 nitrogen and oxygen atoms in total. The third kappa shape index (κ3) is 2.93. The van der Waals surface area contributed by atoms with Gasteiger partial charge in [-0.3, -0.25) is 0 Å². The number of anilines is 2. The number of hydrogen-bond donors (Lipinski definition) is 2. The Morgan fingerprint density at radius 3 is 2.87 bits per heavy atom. The molecule has 0 amide bonds. The predicted octanol–water partition coefficient (Wildman–Crippen LogP) is 0.674. The Labute approximate surface area is 88.3 Å². The van der Waals surface area contributed by atoms with E-state index in [9.17, 15) is 0 Å². The molecular weight excluding hydrogens is 194 g/mol. The van der Waals surface area contributed by atoms with Crippen LogP contribution in [0.3, 0.4) is 0 Å². The number of rotatable bonds is 5. The lowest BCUT2D eigenvalue weighted by Gasteiger charge is -2.06. The summed E-state index contributed by atoms with van der Waals surface area (Å²) in [4.78, 5) is 11.9. The van der Waals surface area contributed by atoms with Crippen LogP contribution in [-0.2, 0) is 0 Å². The highest BCUT2D eigenvalue weighted by molar-refractivity contribution is 5.32. The van der Waals surface area contributed by atoms with Gasteiger partial charge in [0.05, 0.1) is 6.61 Å². The second kappa shape index (κ2) is 4.29. The molecule has 1 heterocycles. The first-order valence-corrected chi connectivity index (χ1v) is 5.16. The quantitative estimate of drug-likeness (QED) is 0.741. The molecule has 1 aromatic rings. The van der Waals surface area contributed by atoms with Gasteiger partial charge in [0.15, 0.2) is 0 Å². The third-order valence-electron chi connectivity index (χ3n) is 2.15. The first kappa shape index (κ1) is 9.95. The van der Waals surface area contributed by atoms with Crippen LogP contribution < -0.4 is 15.8 Å². The van der Waals surface area contributed by atoms with Gasteiger partial charge in [0.25, 0.3) is 0 Å². The van der Waals surface area contributed by atoms with Gasteiger partial charge >= 0.3 is 6.01 Å². The lowest BCUT2D eigenvalue weighted by atomic mass is 10.4. The fraction of sp³-hybridized carbons (Fsp3) is 0.667. The normalized spacial score (nSPS) is 15.0. The van der Waals surface area contributed by atoms with E-state index in [1.807, 2.05) is 6.92 Å². The van der Waals surface area contributed by atoms with Crippen molar-refractivity contribution in [3.63, 3.8) is 0 Å². The molecule has 1 aliphatic rings. The van der Waals surface area contributed by atoms with E-state index in [1.165, 1.54) is 12.8 Å². The molecule has 0 atom stereocenters. The maximum absolute atomic E-state index is 5.53. The van der Waals surface area contributed by atoms with Gasteiger partial charge in [0, 0.05) is 6.54 Å². The van der Waals surface area contributed by atoms with Gasteiger partial charge in [-0.1, -0.05) is 0 Å². The molecule has 0 spiro atoms. The second-order valence-corrected chi connectivity index (χ2v) is 3.56. The molecule has 1 aliphatic carbocycles. The maximum atomic E-state index is 5.53. The van der Waals surface area contributed by atoms with Crippen molar-refractivity contribution >= 4 is 11.9 Å². The summed E-state index contributed by atoms with van der Waals surface area (Å²) in [5.74, 6) is 1.45. The minimum Gasteiger partial charge on any atom is -0.464 e. The maximum Gasteiger partial charge on any atom is 0.323 e. The zero-order valence-electron chi connectivity index (χ0n) is 8.73. The van der Waals surface area contributed by atoms with Crippen LogP contribution in [0.2, 0.25) is 0 Å². The van der Waals surface area contributed by atoms with E-state index < -0.39 is 0 Å². The summed E-state index contributed by atoms with van der Waals surface area (Å²) in [5, 5.41) is 3.12. The van der Waals surface area contributed by atoms with Crippen molar-refractivity contribution < 1.29 is 4.74 Å². The fourth-order valence-electron chi connectivity index (χ4n) is 1.20. The molecule has 1 saturated carbocycles. The molecular formula is C9H15N5O. The summed E-state index contributed by atoms with van der Waals surface area (Å²) in [6, 6.07) is 0.281. The van der Waals surface area contributed by atoms with Crippen LogP contribution in [0.5, 0.6) is 6.01 Å². The summed E-state index contributed by atoms with van der Waals surface area (Å²) in [7, 11) is 0. The molecule has 15 heavy (non-hydrogen) atoms. The van der Waals surface area contributed by atoms with Crippen LogP contribution >= 0.6 is 0 Å². The molecule has 2 rings (SSSR count). The standard InChI is InChI=1S/C9H15N5O/c1-2-15-9-13-7(10)12-8(14-9)11-5-6-3-4-6/h6H,2-5H2,1H3,(H3,10,11,12,13,14). The topological polar surface area (TPSA) is 86.0 Å². The van der Waals surface area contributed by atoms with Gasteiger partial charge in [0.2, 0.25) is 11.9 Å². The molecule has 82 valence electrons.